The van der Waals surface area contributed by atoms with Gasteiger partial charge in [-0.2, -0.15) is 5.10 Å². The van der Waals surface area contributed by atoms with E-state index in [0.717, 1.165) is 45.4 Å². The molecule has 0 saturated heterocycles. The van der Waals surface area contributed by atoms with Crippen molar-refractivity contribution in [1.29, 1.82) is 0 Å². The van der Waals surface area contributed by atoms with E-state index in [1.54, 1.807) is 6.20 Å². The van der Waals surface area contributed by atoms with Crippen molar-refractivity contribution in [1.82, 2.24) is 14.8 Å². The minimum absolute atomic E-state index is 0. The summed E-state index contributed by atoms with van der Waals surface area (Å²) in [5.74, 6) is 0.709. The molecule has 0 aliphatic carbocycles. The Balaban J connectivity index is 0.00000289. The molecule has 5 aromatic rings. The molecule has 1 atom stereocenters. The number of hydrogen-bond donors (Lipinski definition) is 1. The average molecular weight is 465 g/mol. The van der Waals surface area contributed by atoms with Crippen LogP contribution >= 0.6 is 0 Å². The highest BCUT2D eigenvalue weighted by molar-refractivity contribution is 5.90. The minimum atomic E-state index is -0.103. The van der Waals surface area contributed by atoms with Crippen LogP contribution < -0.4 is 10.5 Å². The predicted octanol–water partition coefficient (Wildman–Crippen LogP) is 6.20. The van der Waals surface area contributed by atoms with Crippen LogP contribution in [0.2, 0.25) is 0 Å². The van der Waals surface area contributed by atoms with E-state index in [0.29, 0.717) is 12.4 Å². The van der Waals surface area contributed by atoms with Gasteiger partial charge in [-0.25, -0.2) is 0 Å². The number of rotatable bonds is 7. The minimum Gasteiger partial charge on any atom is -0.490 e. The lowest BCUT2D eigenvalue weighted by Gasteiger charge is -2.16. The van der Waals surface area contributed by atoms with Crippen molar-refractivity contribution in [3.63, 3.8) is 0 Å². The first kappa shape index (κ1) is 24.2. The van der Waals surface area contributed by atoms with Crippen LogP contribution in [0.15, 0.2) is 91.1 Å². The number of ether oxygens (including phenoxy) is 1. The summed E-state index contributed by atoms with van der Waals surface area (Å²) < 4.78 is 8.02. The molecule has 0 bridgehead atoms. The molecule has 5 nitrogen and oxygen atoms in total. The summed E-state index contributed by atoms with van der Waals surface area (Å²) in [5.41, 5.74) is 13.7. The Bertz CT molecular complexity index is 1410. The van der Waals surface area contributed by atoms with Crippen molar-refractivity contribution in [2.75, 3.05) is 6.61 Å². The Hall–Kier alpha value is -3.96. The van der Waals surface area contributed by atoms with Crippen LogP contribution in [0.25, 0.3) is 33.3 Å². The molecule has 3 aromatic carbocycles. The molecule has 2 N–H and O–H groups in total. The molecular weight excluding hydrogens is 432 g/mol. The Labute approximate surface area is 207 Å². The lowest BCUT2D eigenvalue weighted by atomic mass is 9.98. The third kappa shape index (κ3) is 5.26. The molecule has 0 aliphatic rings. The van der Waals surface area contributed by atoms with E-state index < -0.39 is 0 Å². The van der Waals surface area contributed by atoms with Gasteiger partial charge in [0.2, 0.25) is 0 Å². The number of nitrogens with two attached hydrogens (primary N) is 1. The van der Waals surface area contributed by atoms with Gasteiger partial charge in [0.05, 0.1) is 17.4 Å². The highest BCUT2D eigenvalue weighted by atomic mass is 16.5. The molecule has 0 unspecified atom stereocenters. The molecule has 5 heteroatoms. The number of aryl methyl sites for hydroxylation is 2. The fourth-order valence-corrected chi connectivity index (χ4v) is 4.24. The van der Waals surface area contributed by atoms with Crippen molar-refractivity contribution >= 4 is 10.9 Å². The SMILES string of the molecule is C.Cc1c2cc(-c3cc(OC[C@@H](N)Cc4ccccc4)cnc3-c3ccccc3)ccc2nn1C. The normalized spacial score (nSPS) is 11.7. The summed E-state index contributed by atoms with van der Waals surface area (Å²) in [6, 6.07) is 28.8. The van der Waals surface area contributed by atoms with E-state index in [4.69, 9.17) is 15.5 Å². The first-order chi connectivity index (χ1) is 16.6. The van der Waals surface area contributed by atoms with Crippen LogP contribution in [0.5, 0.6) is 5.75 Å². The topological polar surface area (TPSA) is 66.0 Å². The summed E-state index contributed by atoms with van der Waals surface area (Å²) >= 11 is 0. The van der Waals surface area contributed by atoms with Gasteiger partial charge in [0, 0.05) is 35.3 Å². The number of nitrogens with zero attached hydrogens (tertiary/aromatic N) is 3. The monoisotopic (exact) mass is 464 g/mol. The molecular formula is C30H32N4O. The van der Waals surface area contributed by atoms with E-state index in [2.05, 4.69) is 60.6 Å². The first-order valence-electron chi connectivity index (χ1n) is 11.5. The van der Waals surface area contributed by atoms with Crippen molar-refractivity contribution in [3.8, 4) is 28.1 Å². The fraction of sp³-hybridized carbons (Fsp3) is 0.200. The Kier molecular flexibility index (Phi) is 7.28. The van der Waals surface area contributed by atoms with Crippen molar-refractivity contribution in [2.45, 2.75) is 26.8 Å². The van der Waals surface area contributed by atoms with Gasteiger partial charge in [0.1, 0.15) is 12.4 Å². The van der Waals surface area contributed by atoms with E-state index in [9.17, 15) is 0 Å². The molecule has 0 amide bonds. The maximum atomic E-state index is 6.35. The molecule has 178 valence electrons. The summed E-state index contributed by atoms with van der Waals surface area (Å²) in [4.78, 5) is 4.81. The molecule has 0 spiro atoms. The fourth-order valence-electron chi connectivity index (χ4n) is 4.24. The maximum Gasteiger partial charge on any atom is 0.138 e. The summed E-state index contributed by atoms with van der Waals surface area (Å²) in [5, 5.41) is 5.73. The van der Waals surface area contributed by atoms with Crippen molar-refractivity contribution < 1.29 is 4.74 Å². The molecule has 0 aliphatic heterocycles. The molecule has 2 aromatic heterocycles. The smallest absolute Gasteiger partial charge is 0.138 e. The van der Waals surface area contributed by atoms with E-state index in [1.165, 1.54) is 5.56 Å². The van der Waals surface area contributed by atoms with Crippen LogP contribution in [0.4, 0.5) is 0 Å². The summed E-state index contributed by atoms with van der Waals surface area (Å²) in [6.45, 7) is 2.50. The zero-order valence-electron chi connectivity index (χ0n) is 19.5. The van der Waals surface area contributed by atoms with Gasteiger partial charge in [-0.15, -0.1) is 0 Å². The quantitative estimate of drug-likeness (QED) is 0.312. The second-order valence-electron chi connectivity index (χ2n) is 8.63. The maximum absolute atomic E-state index is 6.35. The predicted molar refractivity (Wildman–Crippen MR) is 144 cm³/mol. The van der Waals surface area contributed by atoms with Gasteiger partial charge < -0.3 is 10.5 Å². The third-order valence-electron chi connectivity index (χ3n) is 6.16. The van der Waals surface area contributed by atoms with Gasteiger partial charge in [-0.3, -0.25) is 9.67 Å². The van der Waals surface area contributed by atoms with Gasteiger partial charge in [0.15, 0.2) is 0 Å². The van der Waals surface area contributed by atoms with Crippen LogP contribution in [0, 0.1) is 6.92 Å². The molecule has 0 radical (unpaired) electrons. The highest BCUT2D eigenvalue weighted by Crippen LogP contribution is 2.35. The molecule has 2 heterocycles. The lowest BCUT2D eigenvalue weighted by molar-refractivity contribution is 0.287. The Morgan fingerprint density at radius 3 is 2.37 bits per heavy atom. The first-order valence-corrected chi connectivity index (χ1v) is 11.5. The molecule has 0 saturated carbocycles. The second kappa shape index (κ2) is 10.5. The van der Waals surface area contributed by atoms with E-state index >= 15 is 0 Å². The summed E-state index contributed by atoms with van der Waals surface area (Å²) in [7, 11) is 1.97. The van der Waals surface area contributed by atoms with Crippen LogP contribution in [0.3, 0.4) is 0 Å². The number of aromatic nitrogens is 3. The van der Waals surface area contributed by atoms with Crippen LogP contribution in [-0.4, -0.2) is 27.4 Å². The van der Waals surface area contributed by atoms with Gasteiger partial charge >= 0.3 is 0 Å². The van der Waals surface area contributed by atoms with Crippen LogP contribution in [0.1, 0.15) is 18.7 Å². The molecule has 35 heavy (non-hydrogen) atoms. The molecule has 0 fully saturated rings. The van der Waals surface area contributed by atoms with Crippen molar-refractivity contribution in [2.24, 2.45) is 12.8 Å². The largest absolute Gasteiger partial charge is 0.490 e. The van der Waals surface area contributed by atoms with E-state index in [1.807, 2.05) is 48.1 Å². The lowest BCUT2D eigenvalue weighted by Crippen LogP contribution is -2.30. The zero-order valence-corrected chi connectivity index (χ0v) is 19.5. The average Bonchev–Trinajstić information content (AvgIpc) is 3.16. The number of hydrogen-bond acceptors (Lipinski definition) is 4. The van der Waals surface area contributed by atoms with Gasteiger partial charge in [0.25, 0.3) is 0 Å². The van der Waals surface area contributed by atoms with Crippen LogP contribution in [-0.2, 0) is 13.5 Å². The molecule has 5 rings (SSSR count). The second-order valence-corrected chi connectivity index (χ2v) is 8.63. The van der Waals surface area contributed by atoms with Gasteiger partial charge in [-0.1, -0.05) is 74.2 Å². The standard InChI is InChI=1S/C29H28N4O.CH4/c1-20-26-16-23(13-14-28(26)32-33(20)2)27-17-25(18-31-29(27)22-11-7-4-8-12-22)34-19-24(30)15-21-9-5-3-6-10-21;/h3-14,16-18,24H,15,19,30H2,1-2H3;1H4/t24-;/m0./s1. The number of pyridine rings is 1. The number of fused-ring (bicyclic) bond motifs is 1. The Morgan fingerprint density at radius 1 is 0.914 bits per heavy atom. The third-order valence-corrected chi connectivity index (χ3v) is 6.16. The highest BCUT2D eigenvalue weighted by Gasteiger charge is 2.14. The summed E-state index contributed by atoms with van der Waals surface area (Å²) in [6.07, 6.45) is 2.55. The Morgan fingerprint density at radius 2 is 1.63 bits per heavy atom. The van der Waals surface area contributed by atoms with Gasteiger partial charge in [-0.05, 0) is 42.7 Å². The zero-order chi connectivity index (χ0) is 23.5. The van der Waals surface area contributed by atoms with E-state index in [-0.39, 0.29) is 13.5 Å². The van der Waals surface area contributed by atoms with Crippen molar-refractivity contribution in [3.05, 3.63) is 102 Å². The number of benzene rings is 3.